The molecule has 0 fully saturated rings. The first-order chi connectivity index (χ1) is 12.7. The number of allylic oxidation sites excluding steroid dienone is 2. The van der Waals surface area contributed by atoms with Crippen LogP contribution in [0.1, 0.15) is 65.7 Å². The van der Waals surface area contributed by atoms with E-state index in [0.717, 1.165) is 37.6 Å². The second-order valence-electron chi connectivity index (χ2n) is 6.62. The van der Waals surface area contributed by atoms with Crippen molar-refractivity contribution < 1.29 is 4.84 Å². The Bertz CT molecular complexity index is 652. The van der Waals surface area contributed by atoms with Crippen molar-refractivity contribution in [3.05, 3.63) is 34.9 Å². The Kier molecular flexibility index (Phi) is 12.1. The third-order valence-corrected chi connectivity index (χ3v) is 4.14. The highest BCUT2D eigenvalue weighted by atomic mass is 16.7. The first kappa shape index (κ1) is 22.1. The molecule has 2 rings (SSSR count). The number of rotatable bonds is 10. The number of aromatic nitrogens is 1. The minimum Gasteiger partial charge on any atom is -0.388 e. The summed E-state index contributed by atoms with van der Waals surface area (Å²) in [6.07, 6.45) is 18.1. The highest BCUT2D eigenvalue weighted by Crippen LogP contribution is 2.01. The van der Waals surface area contributed by atoms with Gasteiger partial charge in [-0.2, -0.15) is 5.48 Å². The normalized spacial score (nSPS) is 13.7. The summed E-state index contributed by atoms with van der Waals surface area (Å²) in [6, 6.07) is 4.00. The SMILES string of the molecule is C/C=C/CC(C)C=N.CCCCCCNOc1ccc2c(n1)=CCCC=2. The summed E-state index contributed by atoms with van der Waals surface area (Å²) in [7, 11) is 0. The topological polar surface area (TPSA) is 58.0 Å². The predicted octanol–water partition coefficient (Wildman–Crippen LogP) is 4.14. The van der Waals surface area contributed by atoms with Crippen LogP contribution in [0.25, 0.3) is 12.2 Å². The fourth-order valence-electron chi connectivity index (χ4n) is 2.49. The van der Waals surface area contributed by atoms with Crippen LogP contribution >= 0.6 is 0 Å². The van der Waals surface area contributed by atoms with Crippen LogP contribution in [0.3, 0.4) is 0 Å². The standard InChI is InChI=1S/C15H22N2O.C7H13N/c1-2-3-4-7-12-16-18-15-11-10-13-8-5-6-9-14(13)17-15;1-3-4-5-7(2)6-8/h8-11,16H,2-7,12H2,1H3;3-4,6-8H,5H2,1-2H3/b;4-3+,8-6?. The van der Waals surface area contributed by atoms with Gasteiger partial charge in [-0.05, 0) is 56.0 Å². The van der Waals surface area contributed by atoms with Gasteiger partial charge in [0.25, 0.3) is 0 Å². The van der Waals surface area contributed by atoms with Gasteiger partial charge in [-0.15, -0.1) is 0 Å². The molecule has 0 saturated heterocycles. The molecule has 1 aromatic heterocycles. The van der Waals surface area contributed by atoms with Crippen molar-refractivity contribution in [1.29, 1.82) is 5.41 Å². The lowest BCUT2D eigenvalue weighted by Crippen LogP contribution is -2.31. The third kappa shape index (κ3) is 9.52. The quantitative estimate of drug-likeness (QED) is 0.286. The molecule has 0 amide bonds. The zero-order chi connectivity index (χ0) is 19.0. The summed E-state index contributed by atoms with van der Waals surface area (Å²) in [6.45, 7) is 7.13. The molecule has 4 heteroatoms. The molecule has 0 bridgehead atoms. The number of unbranched alkanes of at least 4 members (excludes halogenated alkanes) is 3. The third-order valence-electron chi connectivity index (χ3n) is 4.14. The Morgan fingerprint density at radius 2 is 2.04 bits per heavy atom. The van der Waals surface area contributed by atoms with Crippen LogP contribution < -0.4 is 20.9 Å². The average molecular weight is 358 g/mol. The summed E-state index contributed by atoms with van der Waals surface area (Å²) in [4.78, 5) is 9.93. The van der Waals surface area contributed by atoms with E-state index in [1.54, 1.807) is 0 Å². The zero-order valence-corrected chi connectivity index (χ0v) is 16.6. The van der Waals surface area contributed by atoms with Crippen molar-refractivity contribution in [2.75, 3.05) is 6.54 Å². The Hall–Kier alpha value is -1.94. The summed E-state index contributed by atoms with van der Waals surface area (Å²) in [5.74, 6) is 1.07. The number of hydrogen-bond donors (Lipinski definition) is 2. The van der Waals surface area contributed by atoms with Crippen LogP contribution in [0, 0.1) is 11.3 Å². The lowest BCUT2D eigenvalue weighted by Gasteiger charge is -2.07. The van der Waals surface area contributed by atoms with Crippen molar-refractivity contribution >= 4 is 18.4 Å². The Morgan fingerprint density at radius 3 is 2.77 bits per heavy atom. The van der Waals surface area contributed by atoms with Crippen molar-refractivity contribution in [1.82, 2.24) is 10.5 Å². The van der Waals surface area contributed by atoms with E-state index in [-0.39, 0.29) is 0 Å². The van der Waals surface area contributed by atoms with Gasteiger partial charge in [0.15, 0.2) is 0 Å². The van der Waals surface area contributed by atoms with Gasteiger partial charge in [-0.25, -0.2) is 4.98 Å². The molecule has 144 valence electrons. The predicted molar refractivity (Wildman–Crippen MR) is 112 cm³/mol. The summed E-state index contributed by atoms with van der Waals surface area (Å²) >= 11 is 0. The Labute approximate surface area is 158 Å². The Morgan fingerprint density at radius 1 is 1.23 bits per heavy atom. The lowest BCUT2D eigenvalue weighted by atomic mass is 10.1. The number of hydrogen-bond acceptors (Lipinski definition) is 4. The van der Waals surface area contributed by atoms with Gasteiger partial charge in [0.05, 0.1) is 5.35 Å². The summed E-state index contributed by atoms with van der Waals surface area (Å²) in [5, 5.41) is 9.09. The molecule has 26 heavy (non-hydrogen) atoms. The van der Waals surface area contributed by atoms with Crippen LogP contribution in [-0.4, -0.2) is 17.7 Å². The van der Waals surface area contributed by atoms with Crippen LogP contribution in [0.15, 0.2) is 24.3 Å². The molecule has 4 nitrogen and oxygen atoms in total. The molecule has 1 heterocycles. The van der Waals surface area contributed by atoms with Crippen LogP contribution in [0.5, 0.6) is 5.88 Å². The van der Waals surface area contributed by atoms with Crippen molar-refractivity contribution in [3.8, 4) is 5.88 Å². The number of hydroxylamine groups is 1. The average Bonchev–Trinajstić information content (AvgIpc) is 2.69. The minimum absolute atomic E-state index is 0.409. The maximum atomic E-state index is 6.83. The molecule has 1 aliphatic rings. The smallest absolute Gasteiger partial charge is 0.238 e. The second kappa shape index (κ2) is 14.3. The first-order valence-electron chi connectivity index (χ1n) is 9.90. The highest BCUT2D eigenvalue weighted by molar-refractivity contribution is 5.56. The Balaban J connectivity index is 0.000000359. The number of fused-ring (bicyclic) bond motifs is 1. The van der Waals surface area contributed by atoms with Gasteiger partial charge in [0.2, 0.25) is 5.88 Å². The maximum Gasteiger partial charge on any atom is 0.238 e. The zero-order valence-electron chi connectivity index (χ0n) is 16.6. The van der Waals surface area contributed by atoms with E-state index in [1.807, 2.05) is 26.0 Å². The number of nitrogens with zero attached hydrogens (tertiary/aromatic N) is 1. The number of nitrogens with one attached hydrogen (secondary N) is 2. The van der Waals surface area contributed by atoms with Crippen molar-refractivity contribution in [3.63, 3.8) is 0 Å². The summed E-state index contributed by atoms with van der Waals surface area (Å²) < 4.78 is 0. The molecule has 0 spiro atoms. The molecule has 1 aliphatic carbocycles. The molecule has 0 aliphatic heterocycles. The van der Waals surface area contributed by atoms with Gasteiger partial charge in [-0.1, -0.05) is 57.4 Å². The van der Waals surface area contributed by atoms with E-state index in [1.165, 1.54) is 30.7 Å². The lowest BCUT2D eigenvalue weighted by molar-refractivity contribution is 0.184. The van der Waals surface area contributed by atoms with Crippen LogP contribution in [-0.2, 0) is 0 Å². The molecular weight excluding hydrogens is 322 g/mol. The second-order valence-corrected chi connectivity index (χ2v) is 6.62. The molecule has 0 aromatic carbocycles. The number of pyridine rings is 1. The van der Waals surface area contributed by atoms with Gasteiger partial charge in [0.1, 0.15) is 0 Å². The summed E-state index contributed by atoms with van der Waals surface area (Å²) in [5.41, 5.74) is 2.98. The van der Waals surface area contributed by atoms with E-state index < -0.39 is 0 Å². The van der Waals surface area contributed by atoms with Gasteiger partial charge in [0, 0.05) is 12.6 Å². The van der Waals surface area contributed by atoms with Gasteiger partial charge in [-0.3, -0.25) is 0 Å². The molecule has 1 unspecified atom stereocenters. The van der Waals surface area contributed by atoms with E-state index in [0.29, 0.717) is 11.8 Å². The minimum atomic E-state index is 0.409. The van der Waals surface area contributed by atoms with E-state index in [2.05, 4.69) is 41.7 Å². The molecule has 0 radical (unpaired) electrons. The molecule has 1 aromatic rings. The van der Waals surface area contributed by atoms with Gasteiger partial charge >= 0.3 is 0 Å². The first-order valence-corrected chi connectivity index (χ1v) is 9.90. The fraction of sp³-hybridized carbons (Fsp3) is 0.545. The van der Waals surface area contributed by atoms with Crippen LogP contribution in [0.4, 0.5) is 0 Å². The van der Waals surface area contributed by atoms with Crippen LogP contribution in [0.2, 0.25) is 0 Å². The van der Waals surface area contributed by atoms with Crippen molar-refractivity contribution in [2.45, 2.75) is 65.7 Å². The monoisotopic (exact) mass is 357 g/mol. The molecule has 1 atom stereocenters. The fourth-order valence-corrected chi connectivity index (χ4v) is 2.49. The van der Waals surface area contributed by atoms with Gasteiger partial charge < -0.3 is 10.2 Å². The molecular formula is C22H35N3O. The van der Waals surface area contributed by atoms with E-state index in [9.17, 15) is 0 Å². The molecule has 2 N–H and O–H groups in total. The molecule has 0 saturated carbocycles. The maximum absolute atomic E-state index is 6.83. The highest BCUT2D eigenvalue weighted by Gasteiger charge is 1.99. The van der Waals surface area contributed by atoms with E-state index >= 15 is 0 Å². The largest absolute Gasteiger partial charge is 0.388 e. The van der Waals surface area contributed by atoms with Crippen molar-refractivity contribution in [2.24, 2.45) is 5.92 Å². The van der Waals surface area contributed by atoms with E-state index in [4.69, 9.17) is 10.2 Å².